The van der Waals surface area contributed by atoms with Crippen molar-refractivity contribution in [2.24, 2.45) is 0 Å². The Bertz CT molecular complexity index is 785. The van der Waals surface area contributed by atoms with E-state index in [1.54, 1.807) is 35.1 Å². The molecule has 2 aromatic rings. The molecule has 0 saturated carbocycles. The number of rotatable bonds is 6. The third kappa shape index (κ3) is 4.20. The van der Waals surface area contributed by atoms with Crippen LogP contribution in [0.1, 0.15) is 31.4 Å². The summed E-state index contributed by atoms with van der Waals surface area (Å²) in [6.45, 7) is 3.19. The van der Waals surface area contributed by atoms with Crippen LogP contribution in [-0.4, -0.2) is 43.9 Å². The predicted octanol–water partition coefficient (Wildman–Crippen LogP) is 2.66. The molecule has 1 aliphatic rings. The molecule has 1 N–H and O–H groups in total. The number of hydrogen-bond acceptors (Lipinski definition) is 6. The first-order chi connectivity index (χ1) is 12.0. The molecule has 1 saturated heterocycles. The molecule has 3 heterocycles. The SMILES string of the molecule is COc1cc(C(C)NC2CCN(S(=O)(=O)c3cccs3)CC2)ccn1. The molecule has 6 nitrogen and oxygen atoms in total. The van der Waals surface area contributed by atoms with Gasteiger partial charge in [-0.2, -0.15) is 4.31 Å². The number of methoxy groups -OCH3 is 1. The van der Waals surface area contributed by atoms with E-state index in [1.807, 2.05) is 12.1 Å². The quantitative estimate of drug-likeness (QED) is 0.833. The van der Waals surface area contributed by atoms with E-state index in [2.05, 4.69) is 17.2 Å². The molecule has 0 bridgehead atoms. The van der Waals surface area contributed by atoms with Crippen LogP contribution in [0.5, 0.6) is 5.88 Å². The first-order valence-corrected chi connectivity index (χ1v) is 10.6. The van der Waals surface area contributed by atoms with Gasteiger partial charge in [-0.05, 0) is 42.8 Å². The van der Waals surface area contributed by atoms with Gasteiger partial charge in [0.25, 0.3) is 10.0 Å². The minimum Gasteiger partial charge on any atom is -0.481 e. The van der Waals surface area contributed by atoms with Crippen LogP contribution in [0.4, 0.5) is 0 Å². The highest BCUT2D eigenvalue weighted by Crippen LogP contribution is 2.25. The second-order valence-electron chi connectivity index (χ2n) is 6.13. The lowest BCUT2D eigenvalue weighted by molar-refractivity contribution is 0.277. The highest BCUT2D eigenvalue weighted by Gasteiger charge is 2.30. The number of thiophene rings is 1. The zero-order valence-electron chi connectivity index (χ0n) is 14.4. The van der Waals surface area contributed by atoms with Gasteiger partial charge >= 0.3 is 0 Å². The van der Waals surface area contributed by atoms with E-state index in [0.717, 1.165) is 18.4 Å². The topological polar surface area (TPSA) is 71.5 Å². The minimum absolute atomic E-state index is 0.155. The van der Waals surface area contributed by atoms with Gasteiger partial charge < -0.3 is 10.1 Å². The van der Waals surface area contributed by atoms with Crippen molar-refractivity contribution in [2.45, 2.75) is 36.1 Å². The van der Waals surface area contributed by atoms with Crippen LogP contribution < -0.4 is 10.1 Å². The van der Waals surface area contributed by atoms with Gasteiger partial charge in [0, 0.05) is 37.4 Å². The number of piperidine rings is 1. The second-order valence-corrected chi connectivity index (χ2v) is 9.24. The van der Waals surface area contributed by atoms with Gasteiger partial charge in [0.2, 0.25) is 5.88 Å². The Labute approximate surface area is 152 Å². The summed E-state index contributed by atoms with van der Waals surface area (Å²) in [7, 11) is -1.73. The predicted molar refractivity (Wildman–Crippen MR) is 98.4 cm³/mol. The number of ether oxygens (including phenoxy) is 1. The summed E-state index contributed by atoms with van der Waals surface area (Å²) in [4.78, 5) is 4.13. The summed E-state index contributed by atoms with van der Waals surface area (Å²) in [5.41, 5.74) is 1.11. The zero-order valence-corrected chi connectivity index (χ0v) is 16.0. The van der Waals surface area contributed by atoms with Gasteiger partial charge in [0.15, 0.2) is 0 Å². The summed E-state index contributed by atoms with van der Waals surface area (Å²) in [6, 6.07) is 7.79. The standard InChI is InChI=1S/C17H23N3O3S2/c1-13(14-5-8-18-16(12-14)23-2)19-15-6-9-20(10-7-15)25(21,22)17-4-3-11-24-17/h3-5,8,11-13,15,19H,6-7,9-10H2,1-2H3. The maximum atomic E-state index is 12.6. The van der Waals surface area contributed by atoms with E-state index < -0.39 is 10.0 Å². The molecule has 1 aliphatic heterocycles. The van der Waals surface area contributed by atoms with Gasteiger partial charge in [-0.25, -0.2) is 13.4 Å². The van der Waals surface area contributed by atoms with Gasteiger partial charge in [0.05, 0.1) is 7.11 Å². The number of nitrogens with one attached hydrogen (secondary N) is 1. The third-order valence-electron chi connectivity index (χ3n) is 4.50. The van der Waals surface area contributed by atoms with E-state index in [4.69, 9.17) is 4.74 Å². The van der Waals surface area contributed by atoms with Crippen LogP contribution in [0, 0.1) is 0 Å². The van der Waals surface area contributed by atoms with Crippen LogP contribution >= 0.6 is 11.3 Å². The molecule has 0 aromatic carbocycles. The van der Waals surface area contributed by atoms with Crippen LogP contribution in [0.3, 0.4) is 0 Å². The highest BCUT2D eigenvalue weighted by molar-refractivity contribution is 7.91. The minimum atomic E-state index is -3.33. The van der Waals surface area contributed by atoms with E-state index in [1.165, 1.54) is 11.3 Å². The number of aromatic nitrogens is 1. The maximum Gasteiger partial charge on any atom is 0.252 e. The molecule has 0 radical (unpaired) electrons. The fraction of sp³-hybridized carbons (Fsp3) is 0.471. The molecule has 0 amide bonds. The fourth-order valence-electron chi connectivity index (χ4n) is 3.06. The Kier molecular flexibility index (Phi) is 5.73. The summed E-state index contributed by atoms with van der Waals surface area (Å²) in [5, 5.41) is 5.39. The average molecular weight is 382 g/mol. The van der Waals surface area contributed by atoms with Crippen LogP contribution in [-0.2, 0) is 10.0 Å². The number of sulfonamides is 1. The molecule has 1 atom stereocenters. The first kappa shape index (κ1) is 18.3. The summed E-state index contributed by atoms with van der Waals surface area (Å²) in [5.74, 6) is 0.600. The van der Waals surface area contributed by atoms with E-state index in [0.29, 0.717) is 29.2 Å². The van der Waals surface area contributed by atoms with Crippen molar-refractivity contribution in [3.05, 3.63) is 41.4 Å². The van der Waals surface area contributed by atoms with Crippen molar-refractivity contribution in [3.63, 3.8) is 0 Å². The monoisotopic (exact) mass is 381 g/mol. The first-order valence-electron chi connectivity index (χ1n) is 8.30. The summed E-state index contributed by atoms with van der Waals surface area (Å²) < 4.78 is 32.3. The molecule has 0 aliphatic carbocycles. The Morgan fingerprint density at radius 1 is 1.36 bits per heavy atom. The Balaban J connectivity index is 1.57. The van der Waals surface area contributed by atoms with E-state index in [-0.39, 0.29) is 6.04 Å². The second kappa shape index (κ2) is 7.82. The van der Waals surface area contributed by atoms with Crippen molar-refractivity contribution in [1.29, 1.82) is 0 Å². The van der Waals surface area contributed by atoms with Crippen LogP contribution in [0.25, 0.3) is 0 Å². The summed E-state index contributed by atoms with van der Waals surface area (Å²) in [6.07, 6.45) is 3.34. The van der Waals surface area contributed by atoms with Gasteiger partial charge in [0.1, 0.15) is 4.21 Å². The molecule has 2 aromatic heterocycles. The van der Waals surface area contributed by atoms with Crippen molar-refractivity contribution < 1.29 is 13.2 Å². The van der Waals surface area contributed by atoms with E-state index in [9.17, 15) is 8.42 Å². The molecule has 136 valence electrons. The lowest BCUT2D eigenvalue weighted by atomic mass is 10.0. The Morgan fingerprint density at radius 2 is 2.12 bits per heavy atom. The third-order valence-corrected chi connectivity index (χ3v) is 7.77. The Hall–Kier alpha value is -1.48. The number of nitrogens with zero attached hydrogens (tertiary/aromatic N) is 2. The van der Waals surface area contributed by atoms with Crippen LogP contribution in [0.2, 0.25) is 0 Å². The molecular formula is C17H23N3O3S2. The normalized spacial score (nSPS) is 18.2. The average Bonchev–Trinajstić information content (AvgIpc) is 3.18. The fourth-order valence-corrected chi connectivity index (χ4v) is 5.67. The van der Waals surface area contributed by atoms with Gasteiger partial charge in [-0.3, -0.25) is 0 Å². The van der Waals surface area contributed by atoms with Crippen molar-refractivity contribution in [2.75, 3.05) is 20.2 Å². The lowest BCUT2D eigenvalue weighted by Gasteiger charge is -2.33. The largest absolute Gasteiger partial charge is 0.481 e. The molecule has 25 heavy (non-hydrogen) atoms. The number of pyridine rings is 1. The molecular weight excluding hydrogens is 358 g/mol. The molecule has 0 spiro atoms. The van der Waals surface area contributed by atoms with Crippen LogP contribution in [0.15, 0.2) is 40.1 Å². The lowest BCUT2D eigenvalue weighted by Crippen LogP contribution is -2.45. The Morgan fingerprint density at radius 3 is 2.76 bits per heavy atom. The molecule has 1 fully saturated rings. The molecule has 3 rings (SSSR count). The van der Waals surface area contributed by atoms with Crippen molar-refractivity contribution in [1.82, 2.24) is 14.6 Å². The highest BCUT2D eigenvalue weighted by atomic mass is 32.2. The van der Waals surface area contributed by atoms with E-state index >= 15 is 0 Å². The number of hydrogen-bond donors (Lipinski definition) is 1. The smallest absolute Gasteiger partial charge is 0.252 e. The zero-order chi connectivity index (χ0) is 17.9. The van der Waals surface area contributed by atoms with Gasteiger partial charge in [-0.1, -0.05) is 6.07 Å². The molecule has 1 unspecified atom stereocenters. The maximum absolute atomic E-state index is 12.6. The molecule has 8 heteroatoms. The van der Waals surface area contributed by atoms with Gasteiger partial charge in [-0.15, -0.1) is 11.3 Å². The van der Waals surface area contributed by atoms with Crippen molar-refractivity contribution in [3.8, 4) is 5.88 Å². The van der Waals surface area contributed by atoms with Crippen molar-refractivity contribution >= 4 is 21.4 Å². The summed E-state index contributed by atoms with van der Waals surface area (Å²) >= 11 is 1.27.